The van der Waals surface area contributed by atoms with Crippen molar-refractivity contribution in [2.24, 2.45) is 5.92 Å². The van der Waals surface area contributed by atoms with Crippen LogP contribution in [0.5, 0.6) is 0 Å². The number of benzene rings is 1. The van der Waals surface area contributed by atoms with E-state index in [0.29, 0.717) is 43.5 Å². The highest BCUT2D eigenvalue weighted by Gasteiger charge is 2.32. The zero-order chi connectivity index (χ0) is 19.6. The topological polar surface area (TPSA) is 84.9 Å². The Morgan fingerprint density at radius 3 is 2.54 bits per heavy atom. The Morgan fingerprint density at radius 2 is 1.86 bits per heavy atom. The van der Waals surface area contributed by atoms with E-state index < -0.39 is 10.0 Å². The van der Waals surface area contributed by atoms with Crippen molar-refractivity contribution in [3.63, 3.8) is 0 Å². The van der Waals surface area contributed by atoms with Crippen LogP contribution in [0, 0.1) is 5.92 Å². The first kappa shape index (κ1) is 19.4. The van der Waals surface area contributed by atoms with Crippen LogP contribution in [0.4, 0.5) is 5.69 Å². The molecule has 2 aliphatic heterocycles. The highest BCUT2D eigenvalue weighted by molar-refractivity contribution is 7.94. The first-order valence-corrected chi connectivity index (χ1v) is 11.6. The summed E-state index contributed by atoms with van der Waals surface area (Å²) in [7, 11) is -3.64. The molecule has 4 rings (SSSR count). The average molecular weight is 423 g/mol. The minimum atomic E-state index is -3.64. The minimum Gasteiger partial charge on any atom is -0.350 e. The predicted octanol–water partition coefficient (Wildman–Crippen LogP) is 2.77. The molecule has 0 spiro atoms. The fraction of sp³-hybridized carbons (Fsp3) is 0.421. The number of nitrogens with zero attached hydrogens (tertiary/aromatic N) is 1. The molecule has 2 fully saturated rings. The van der Waals surface area contributed by atoms with Gasteiger partial charge in [0, 0.05) is 30.3 Å². The van der Waals surface area contributed by atoms with E-state index in [1.54, 1.807) is 46.7 Å². The standard InChI is InChI=1S/C19H22N2O5S2/c22-18(21-8-6-14(7-9-21)19-25-10-11-26-19)15-3-1-4-16(13-15)20-28(23,24)17-5-2-12-27-17/h1-5,12-14,19-20H,6-11H2. The monoisotopic (exact) mass is 422 g/mol. The Kier molecular flexibility index (Phi) is 5.68. The highest BCUT2D eigenvalue weighted by atomic mass is 32.2. The number of thiophene rings is 1. The Labute approximate surface area is 168 Å². The molecule has 150 valence electrons. The average Bonchev–Trinajstić information content (AvgIpc) is 3.41. The minimum absolute atomic E-state index is 0.0936. The maximum atomic E-state index is 12.9. The molecular weight excluding hydrogens is 400 g/mol. The van der Waals surface area contributed by atoms with Crippen LogP contribution in [-0.2, 0) is 19.5 Å². The zero-order valence-corrected chi connectivity index (χ0v) is 16.9. The molecule has 7 nitrogen and oxygen atoms in total. The lowest BCUT2D eigenvalue weighted by Crippen LogP contribution is -2.41. The van der Waals surface area contributed by atoms with Crippen LogP contribution in [-0.4, -0.2) is 51.8 Å². The van der Waals surface area contributed by atoms with Gasteiger partial charge in [-0.3, -0.25) is 9.52 Å². The van der Waals surface area contributed by atoms with Crippen LogP contribution >= 0.6 is 11.3 Å². The largest absolute Gasteiger partial charge is 0.350 e. The molecule has 2 aromatic rings. The van der Waals surface area contributed by atoms with E-state index in [9.17, 15) is 13.2 Å². The van der Waals surface area contributed by atoms with E-state index in [4.69, 9.17) is 9.47 Å². The third-order valence-electron chi connectivity index (χ3n) is 4.98. The number of hydrogen-bond donors (Lipinski definition) is 1. The first-order valence-electron chi connectivity index (χ1n) is 9.22. The molecule has 0 aliphatic carbocycles. The molecular formula is C19H22N2O5S2. The second kappa shape index (κ2) is 8.20. The van der Waals surface area contributed by atoms with Gasteiger partial charge in [0.2, 0.25) is 0 Å². The number of hydrogen-bond acceptors (Lipinski definition) is 6. The van der Waals surface area contributed by atoms with Gasteiger partial charge in [-0.15, -0.1) is 11.3 Å². The predicted molar refractivity (Wildman–Crippen MR) is 106 cm³/mol. The van der Waals surface area contributed by atoms with Gasteiger partial charge in [-0.05, 0) is 42.5 Å². The summed E-state index contributed by atoms with van der Waals surface area (Å²) < 4.78 is 38.7. The van der Waals surface area contributed by atoms with E-state index in [1.807, 2.05) is 0 Å². The molecule has 1 aromatic carbocycles. The SMILES string of the molecule is O=C(c1cccc(NS(=O)(=O)c2cccs2)c1)N1CCC(C2OCCO2)CC1. The highest BCUT2D eigenvalue weighted by Crippen LogP contribution is 2.27. The number of carbonyl (C=O) groups excluding carboxylic acids is 1. The molecule has 1 N–H and O–H groups in total. The van der Waals surface area contributed by atoms with Gasteiger partial charge in [-0.1, -0.05) is 12.1 Å². The Bertz CT molecular complexity index is 916. The maximum Gasteiger partial charge on any atom is 0.271 e. The van der Waals surface area contributed by atoms with E-state index in [0.717, 1.165) is 24.2 Å². The fourth-order valence-corrected chi connectivity index (χ4v) is 5.59. The van der Waals surface area contributed by atoms with Crippen molar-refractivity contribution < 1.29 is 22.7 Å². The lowest BCUT2D eigenvalue weighted by Gasteiger charge is -2.34. The molecule has 9 heteroatoms. The fourth-order valence-electron chi connectivity index (χ4n) is 3.54. The molecule has 0 bridgehead atoms. The summed E-state index contributed by atoms with van der Waals surface area (Å²) in [4.78, 5) is 14.7. The Hall–Kier alpha value is -1.94. The number of carbonyl (C=O) groups is 1. The molecule has 0 unspecified atom stereocenters. The van der Waals surface area contributed by atoms with Gasteiger partial charge < -0.3 is 14.4 Å². The van der Waals surface area contributed by atoms with Crippen LogP contribution < -0.4 is 4.72 Å². The number of piperidine rings is 1. The van der Waals surface area contributed by atoms with Crippen molar-refractivity contribution in [2.45, 2.75) is 23.3 Å². The van der Waals surface area contributed by atoms with Crippen LogP contribution in [0.2, 0.25) is 0 Å². The van der Waals surface area contributed by atoms with Crippen LogP contribution in [0.15, 0.2) is 46.0 Å². The second-order valence-corrected chi connectivity index (χ2v) is 9.71. The molecule has 0 radical (unpaired) electrons. The van der Waals surface area contributed by atoms with Crippen LogP contribution in [0.25, 0.3) is 0 Å². The van der Waals surface area contributed by atoms with Gasteiger partial charge in [0.15, 0.2) is 6.29 Å². The van der Waals surface area contributed by atoms with Crippen molar-refractivity contribution in [3.05, 3.63) is 47.3 Å². The Morgan fingerprint density at radius 1 is 1.11 bits per heavy atom. The summed E-state index contributed by atoms with van der Waals surface area (Å²) in [6.07, 6.45) is 1.52. The molecule has 28 heavy (non-hydrogen) atoms. The molecule has 3 heterocycles. The number of likely N-dealkylation sites (tertiary alicyclic amines) is 1. The summed E-state index contributed by atoms with van der Waals surface area (Å²) in [5, 5.41) is 1.71. The lowest BCUT2D eigenvalue weighted by atomic mass is 9.95. The van der Waals surface area contributed by atoms with Gasteiger partial charge in [0.25, 0.3) is 15.9 Å². The zero-order valence-electron chi connectivity index (χ0n) is 15.2. The van der Waals surface area contributed by atoms with Gasteiger partial charge in [-0.2, -0.15) is 0 Å². The van der Waals surface area contributed by atoms with E-state index in [-0.39, 0.29) is 16.4 Å². The maximum absolute atomic E-state index is 12.9. The number of anilines is 1. The number of nitrogens with one attached hydrogen (secondary N) is 1. The van der Waals surface area contributed by atoms with E-state index in [1.165, 1.54) is 0 Å². The van der Waals surface area contributed by atoms with Gasteiger partial charge in [0.05, 0.1) is 13.2 Å². The molecule has 1 aromatic heterocycles. The van der Waals surface area contributed by atoms with Crippen LogP contribution in [0.3, 0.4) is 0 Å². The molecule has 1 amide bonds. The number of rotatable bonds is 5. The van der Waals surface area contributed by atoms with Gasteiger partial charge >= 0.3 is 0 Å². The van der Waals surface area contributed by atoms with Crippen molar-refractivity contribution in [1.82, 2.24) is 4.90 Å². The van der Waals surface area contributed by atoms with Crippen molar-refractivity contribution >= 4 is 33.0 Å². The number of ether oxygens (including phenoxy) is 2. The first-order chi connectivity index (χ1) is 13.5. The van der Waals surface area contributed by atoms with Gasteiger partial charge in [0.1, 0.15) is 4.21 Å². The second-order valence-electron chi connectivity index (χ2n) is 6.86. The molecule has 2 aliphatic rings. The summed E-state index contributed by atoms with van der Waals surface area (Å²) in [5.74, 6) is 0.222. The molecule has 2 saturated heterocycles. The third-order valence-corrected chi connectivity index (χ3v) is 7.76. The lowest BCUT2D eigenvalue weighted by molar-refractivity contribution is -0.0956. The number of amides is 1. The summed E-state index contributed by atoms with van der Waals surface area (Å²) >= 11 is 1.15. The molecule has 0 saturated carbocycles. The van der Waals surface area contributed by atoms with Crippen molar-refractivity contribution in [1.29, 1.82) is 0 Å². The van der Waals surface area contributed by atoms with Crippen molar-refractivity contribution in [2.75, 3.05) is 31.0 Å². The normalized spacial score (nSPS) is 19.1. The third kappa shape index (κ3) is 4.22. The van der Waals surface area contributed by atoms with Crippen molar-refractivity contribution in [3.8, 4) is 0 Å². The Balaban J connectivity index is 1.41. The summed E-state index contributed by atoms with van der Waals surface area (Å²) in [6.45, 7) is 2.55. The number of sulfonamides is 1. The summed E-state index contributed by atoms with van der Waals surface area (Å²) in [6, 6.07) is 9.85. The van der Waals surface area contributed by atoms with Crippen LogP contribution in [0.1, 0.15) is 23.2 Å². The van der Waals surface area contributed by atoms with E-state index >= 15 is 0 Å². The quantitative estimate of drug-likeness (QED) is 0.801. The van der Waals surface area contributed by atoms with E-state index in [2.05, 4.69) is 4.72 Å². The summed E-state index contributed by atoms with van der Waals surface area (Å²) in [5.41, 5.74) is 0.847. The smallest absolute Gasteiger partial charge is 0.271 e. The van der Waals surface area contributed by atoms with Gasteiger partial charge in [-0.25, -0.2) is 8.42 Å². The molecule has 0 atom stereocenters.